The third-order valence-electron chi connectivity index (χ3n) is 5.12. The molecular weight excluding hydrogens is 600 g/mol. The van der Waals surface area contributed by atoms with Gasteiger partial charge in [-0.05, 0) is 23.3 Å². The largest absolute Gasteiger partial charge is 0.429 e. The first kappa shape index (κ1) is 32.8. The molecule has 0 aliphatic rings. The molecule has 0 saturated carbocycles. The minimum atomic E-state index is -5.83. The van der Waals surface area contributed by atoms with Crippen molar-refractivity contribution in [1.82, 2.24) is 0 Å². The van der Waals surface area contributed by atoms with Gasteiger partial charge in [-0.2, -0.15) is 73.7 Å². The van der Waals surface area contributed by atoms with Crippen LogP contribution in [-0.2, 0) is 37.5 Å². The fourth-order valence-electron chi connectivity index (χ4n) is 3.63. The summed E-state index contributed by atoms with van der Waals surface area (Å²) in [6.07, 6.45) is -25.0. The first-order valence-electron chi connectivity index (χ1n) is 10.4. The van der Waals surface area contributed by atoms with Gasteiger partial charge in [-0.3, -0.25) is 0 Å². The summed E-state index contributed by atoms with van der Waals surface area (Å²) in [7, 11) is 0. The molecule has 0 fully saturated rings. The molecule has 0 unspecified atom stereocenters. The van der Waals surface area contributed by atoms with Crippen molar-refractivity contribution >= 4 is 0 Å². The number of hydrogen-bond acceptors (Lipinski definition) is 4. The molecule has 0 saturated heterocycles. The molecule has 0 amide bonds. The minimum Gasteiger partial charge on any atom is -0.198 e. The summed E-state index contributed by atoms with van der Waals surface area (Å²) in [5, 5.41) is 35.8. The van der Waals surface area contributed by atoms with E-state index in [2.05, 4.69) is 9.91 Å². The van der Waals surface area contributed by atoms with Gasteiger partial charge >= 0.3 is 46.8 Å². The average Bonchev–Trinajstić information content (AvgIpc) is 2.83. The standard InChI is InChI=1S/C24H6F12N6/c25-21(26,27)17-6-12(2-4-38)16(19(15(17)8-40)23(31,32)33)10-42-41-9-13-5-11(1-3-37)14(7-39)20(24(34,35)36)18(13)22(28,29)30/h5-6H,1-2H2/q+2. The summed E-state index contributed by atoms with van der Waals surface area (Å²) in [6, 6.07) is 7.47. The van der Waals surface area contributed by atoms with Crippen LogP contribution in [-0.4, -0.2) is 0 Å². The van der Waals surface area contributed by atoms with Gasteiger partial charge in [0.05, 0.1) is 58.4 Å². The van der Waals surface area contributed by atoms with Crippen molar-refractivity contribution in [3.05, 3.63) is 77.7 Å². The lowest BCUT2D eigenvalue weighted by atomic mass is 9.90. The van der Waals surface area contributed by atoms with E-state index in [-0.39, 0.29) is 12.1 Å². The number of nitriles is 4. The molecule has 0 atom stereocenters. The van der Waals surface area contributed by atoms with E-state index in [1.807, 2.05) is 0 Å². The second-order valence-electron chi connectivity index (χ2n) is 7.72. The molecule has 18 heteroatoms. The van der Waals surface area contributed by atoms with Crippen molar-refractivity contribution in [3.8, 4) is 36.4 Å². The Labute approximate surface area is 226 Å². The van der Waals surface area contributed by atoms with Crippen LogP contribution in [0.3, 0.4) is 0 Å². The van der Waals surface area contributed by atoms with Gasteiger partial charge in [-0.1, -0.05) is 0 Å². The maximum atomic E-state index is 13.8. The highest BCUT2D eigenvalue weighted by Crippen LogP contribution is 2.45. The Morgan fingerprint density at radius 2 is 0.976 bits per heavy atom. The second-order valence-corrected chi connectivity index (χ2v) is 7.72. The third-order valence-corrected chi connectivity index (χ3v) is 5.12. The monoisotopic (exact) mass is 606 g/mol. The van der Waals surface area contributed by atoms with Crippen molar-refractivity contribution in [3.63, 3.8) is 0 Å². The third kappa shape index (κ3) is 6.81. The molecule has 0 aliphatic carbocycles. The van der Waals surface area contributed by atoms with Gasteiger partial charge in [-0.15, -0.1) is 0 Å². The van der Waals surface area contributed by atoms with Crippen LogP contribution < -0.4 is 0 Å². The Morgan fingerprint density at radius 1 is 0.524 bits per heavy atom. The maximum absolute atomic E-state index is 13.8. The number of alkyl halides is 12. The molecule has 0 N–H and O–H groups in total. The molecule has 6 nitrogen and oxygen atoms in total. The summed E-state index contributed by atoms with van der Waals surface area (Å²) in [5.41, 5.74) is -17.7. The smallest absolute Gasteiger partial charge is 0.198 e. The van der Waals surface area contributed by atoms with E-state index in [4.69, 9.17) is 21.0 Å². The highest BCUT2D eigenvalue weighted by Gasteiger charge is 2.49. The van der Waals surface area contributed by atoms with E-state index in [1.165, 1.54) is 24.3 Å². The van der Waals surface area contributed by atoms with Crippen molar-refractivity contribution in [1.29, 1.82) is 21.0 Å². The Kier molecular flexibility index (Phi) is 9.02. The van der Waals surface area contributed by atoms with E-state index in [0.29, 0.717) is 0 Å². The zero-order valence-electron chi connectivity index (χ0n) is 19.8. The summed E-state index contributed by atoms with van der Waals surface area (Å²) in [4.78, 5) is 5.66. The van der Waals surface area contributed by atoms with Gasteiger partial charge < -0.3 is 0 Å². The molecule has 2 aromatic rings. The lowest BCUT2D eigenvalue weighted by Gasteiger charge is -2.18. The predicted octanol–water partition coefficient (Wildman–Crippen LogP) is 7.61. The maximum Gasteiger partial charge on any atom is 0.429 e. The van der Waals surface area contributed by atoms with Crippen LogP contribution in [0.1, 0.15) is 55.6 Å². The molecule has 0 spiro atoms. The first-order chi connectivity index (χ1) is 19.2. The van der Waals surface area contributed by atoms with Gasteiger partial charge in [0.25, 0.3) is 0 Å². The van der Waals surface area contributed by atoms with E-state index >= 15 is 0 Å². The highest BCUT2D eigenvalue weighted by molar-refractivity contribution is 5.61. The molecule has 0 radical (unpaired) electrons. The van der Waals surface area contributed by atoms with Crippen LogP contribution in [0.2, 0.25) is 0 Å². The molecule has 0 aliphatic heterocycles. The van der Waals surface area contributed by atoms with Gasteiger partial charge in [0, 0.05) is 0 Å². The van der Waals surface area contributed by atoms with Gasteiger partial charge in [-0.25, -0.2) is 0 Å². The first-order valence-corrected chi connectivity index (χ1v) is 10.4. The Hall–Kier alpha value is -5.46. The average molecular weight is 606 g/mol. The van der Waals surface area contributed by atoms with E-state index < -0.39 is 93.2 Å². The molecule has 42 heavy (non-hydrogen) atoms. The Morgan fingerprint density at radius 3 is 1.38 bits per heavy atom. The fourth-order valence-corrected chi connectivity index (χ4v) is 3.63. The van der Waals surface area contributed by atoms with Crippen LogP contribution >= 0.6 is 0 Å². The van der Waals surface area contributed by atoms with Crippen LogP contribution in [0, 0.1) is 57.5 Å². The summed E-state index contributed by atoms with van der Waals surface area (Å²) in [5.74, 6) is 0. The fraction of sp³-hybridized carbons (Fsp3) is 0.250. The second kappa shape index (κ2) is 11.6. The molecule has 0 bridgehead atoms. The zero-order chi connectivity index (χ0) is 32.3. The quantitative estimate of drug-likeness (QED) is 0.259. The SMILES string of the molecule is N#CCc1cc(C(F)(F)F)c(C#N)c(C(F)(F)F)c1C#[N+][N+]#Cc1cc(CC#N)c(C#N)c(C(F)(F)F)c1C(F)(F)F. The lowest BCUT2D eigenvalue weighted by molar-refractivity contribution is -0.162. The Balaban J connectivity index is 3.02. The Bertz CT molecular complexity index is 1730. The topological polar surface area (TPSA) is 104 Å². The number of hydrogen-bond donors (Lipinski definition) is 0. The van der Waals surface area contributed by atoms with Gasteiger partial charge in [0.1, 0.15) is 23.3 Å². The number of benzene rings is 2. The van der Waals surface area contributed by atoms with Crippen molar-refractivity contribution in [2.45, 2.75) is 37.5 Å². The summed E-state index contributed by atoms with van der Waals surface area (Å²) < 4.78 is 163. The predicted molar refractivity (Wildman–Crippen MR) is 114 cm³/mol. The molecule has 214 valence electrons. The lowest BCUT2D eigenvalue weighted by Crippen LogP contribution is -2.21. The summed E-state index contributed by atoms with van der Waals surface area (Å²) >= 11 is 0. The molecule has 2 aromatic carbocycles. The van der Waals surface area contributed by atoms with Crippen LogP contribution in [0.25, 0.3) is 9.91 Å². The van der Waals surface area contributed by atoms with Crippen LogP contribution in [0.5, 0.6) is 0 Å². The van der Waals surface area contributed by atoms with Crippen molar-refractivity contribution in [2.24, 2.45) is 0 Å². The normalized spacial score (nSPS) is 11.5. The van der Waals surface area contributed by atoms with Gasteiger partial charge in [0.15, 0.2) is 0 Å². The van der Waals surface area contributed by atoms with E-state index in [9.17, 15) is 52.7 Å². The van der Waals surface area contributed by atoms with Crippen molar-refractivity contribution < 1.29 is 52.7 Å². The van der Waals surface area contributed by atoms with Gasteiger partial charge in [0.2, 0.25) is 0 Å². The molecule has 0 aromatic heterocycles. The highest BCUT2D eigenvalue weighted by atomic mass is 19.4. The molecular formula is C24H6F12N6+2. The van der Waals surface area contributed by atoms with E-state index in [0.717, 1.165) is 12.1 Å². The molecule has 2 rings (SSSR count). The van der Waals surface area contributed by atoms with Crippen molar-refractivity contribution in [2.75, 3.05) is 0 Å². The summed E-state index contributed by atoms with van der Waals surface area (Å²) in [6.45, 7) is 0. The minimum absolute atomic E-state index is 0.0223. The van der Waals surface area contributed by atoms with Crippen LogP contribution in [0.15, 0.2) is 12.1 Å². The van der Waals surface area contributed by atoms with Crippen LogP contribution in [0.4, 0.5) is 52.7 Å². The number of halogens is 12. The number of rotatable bonds is 2. The zero-order valence-corrected chi connectivity index (χ0v) is 19.8. The molecule has 0 heterocycles. The number of nitrogens with zero attached hydrogens (tertiary/aromatic N) is 6. The van der Waals surface area contributed by atoms with E-state index in [1.54, 1.807) is 0 Å².